The molecule has 0 aliphatic rings. The minimum atomic E-state index is -0.188. The van der Waals surface area contributed by atoms with Gasteiger partial charge < -0.3 is 10.4 Å². The highest BCUT2D eigenvalue weighted by atomic mass is 79.9. The van der Waals surface area contributed by atoms with Crippen molar-refractivity contribution < 1.29 is 5.11 Å². The summed E-state index contributed by atoms with van der Waals surface area (Å²) in [4.78, 5) is 0. The van der Waals surface area contributed by atoms with Gasteiger partial charge in [-0.15, -0.1) is 0 Å². The Kier molecular flexibility index (Phi) is 5.28. The standard InChI is InChI=1S/C14H12Br2ClNO/c15-10-2-4-11(5-3-10)18-14(8-19)9-1-6-12(16)13(17)7-9/h1-7,14,18-19H,8H2. The Bertz CT molecular complexity index is 560. The summed E-state index contributed by atoms with van der Waals surface area (Å²) in [5, 5.41) is 13.4. The maximum atomic E-state index is 9.53. The predicted molar refractivity (Wildman–Crippen MR) is 86.7 cm³/mol. The lowest BCUT2D eigenvalue weighted by atomic mass is 10.1. The van der Waals surface area contributed by atoms with Crippen molar-refractivity contribution in [3.05, 3.63) is 62.0 Å². The van der Waals surface area contributed by atoms with Gasteiger partial charge in [0.05, 0.1) is 17.7 Å². The van der Waals surface area contributed by atoms with Crippen LogP contribution in [0, 0.1) is 0 Å². The number of rotatable bonds is 4. The molecular formula is C14H12Br2ClNO. The molecule has 0 amide bonds. The second-order valence-electron chi connectivity index (χ2n) is 4.06. The number of aliphatic hydroxyl groups excluding tert-OH is 1. The van der Waals surface area contributed by atoms with E-state index in [4.69, 9.17) is 11.6 Å². The largest absolute Gasteiger partial charge is 0.394 e. The van der Waals surface area contributed by atoms with Crippen LogP contribution in [0.25, 0.3) is 0 Å². The number of hydrogen-bond donors (Lipinski definition) is 2. The van der Waals surface area contributed by atoms with Crippen molar-refractivity contribution in [1.29, 1.82) is 0 Å². The van der Waals surface area contributed by atoms with E-state index in [9.17, 15) is 5.11 Å². The summed E-state index contributed by atoms with van der Waals surface area (Å²) < 4.78 is 1.86. The first-order valence-corrected chi connectivity index (χ1v) is 7.64. The molecule has 0 radical (unpaired) electrons. The van der Waals surface area contributed by atoms with Gasteiger partial charge in [-0.3, -0.25) is 0 Å². The zero-order valence-electron chi connectivity index (χ0n) is 9.91. The fourth-order valence-corrected chi connectivity index (χ4v) is 2.41. The van der Waals surface area contributed by atoms with Crippen LogP contribution in [-0.2, 0) is 0 Å². The summed E-state index contributed by atoms with van der Waals surface area (Å²) in [5.41, 5.74) is 1.89. The highest BCUT2D eigenvalue weighted by Crippen LogP contribution is 2.28. The van der Waals surface area contributed by atoms with Gasteiger partial charge in [-0.2, -0.15) is 0 Å². The molecule has 19 heavy (non-hydrogen) atoms. The molecule has 0 aliphatic carbocycles. The third-order valence-electron chi connectivity index (χ3n) is 2.71. The first kappa shape index (κ1) is 14.9. The number of aliphatic hydroxyl groups is 1. The van der Waals surface area contributed by atoms with Crippen LogP contribution < -0.4 is 5.32 Å². The van der Waals surface area contributed by atoms with E-state index in [-0.39, 0.29) is 12.6 Å². The van der Waals surface area contributed by atoms with Crippen molar-refractivity contribution in [2.75, 3.05) is 11.9 Å². The quantitative estimate of drug-likeness (QED) is 0.749. The molecule has 0 fully saturated rings. The van der Waals surface area contributed by atoms with Crippen molar-refractivity contribution in [1.82, 2.24) is 0 Å². The Balaban J connectivity index is 2.19. The average molecular weight is 406 g/mol. The highest BCUT2D eigenvalue weighted by molar-refractivity contribution is 9.10. The molecule has 2 rings (SSSR count). The summed E-state index contributed by atoms with van der Waals surface area (Å²) in [7, 11) is 0. The molecule has 0 aromatic heterocycles. The van der Waals surface area contributed by atoms with Gasteiger partial charge in [-0.05, 0) is 57.9 Å². The van der Waals surface area contributed by atoms with Gasteiger partial charge in [-0.25, -0.2) is 0 Å². The smallest absolute Gasteiger partial charge is 0.0745 e. The molecule has 0 saturated carbocycles. The second kappa shape index (κ2) is 6.75. The maximum Gasteiger partial charge on any atom is 0.0745 e. The first-order chi connectivity index (χ1) is 9.10. The van der Waals surface area contributed by atoms with E-state index in [0.29, 0.717) is 5.02 Å². The Labute approximate surface area is 134 Å². The van der Waals surface area contributed by atoms with Crippen LogP contribution in [0.4, 0.5) is 5.69 Å². The topological polar surface area (TPSA) is 32.3 Å². The average Bonchev–Trinajstić information content (AvgIpc) is 2.41. The number of nitrogens with one attached hydrogen (secondary N) is 1. The Morgan fingerprint density at radius 2 is 1.79 bits per heavy atom. The molecule has 2 aromatic rings. The fourth-order valence-electron chi connectivity index (χ4n) is 1.71. The number of anilines is 1. The van der Waals surface area contributed by atoms with E-state index < -0.39 is 0 Å². The maximum absolute atomic E-state index is 9.53. The third-order valence-corrected chi connectivity index (χ3v) is 4.47. The number of halogens is 3. The first-order valence-electron chi connectivity index (χ1n) is 5.68. The van der Waals surface area contributed by atoms with Gasteiger partial charge in [0.1, 0.15) is 0 Å². The molecule has 0 spiro atoms. The van der Waals surface area contributed by atoms with Gasteiger partial charge in [0.15, 0.2) is 0 Å². The Morgan fingerprint density at radius 1 is 1.11 bits per heavy atom. The molecule has 0 aliphatic heterocycles. The summed E-state index contributed by atoms with van der Waals surface area (Å²) in [6.07, 6.45) is 0. The number of hydrogen-bond acceptors (Lipinski definition) is 2. The van der Waals surface area contributed by atoms with E-state index in [1.54, 1.807) is 0 Å². The predicted octanol–water partition coefficient (Wildman–Crippen LogP) is 5.01. The summed E-state index contributed by atoms with van der Waals surface area (Å²) in [6.45, 7) is -0.00593. The zero-order valence-corrected chi connectivity index (χ0v) is 13.8. The molecule has 0 saturated heterocycles. The van der Waals surface area contributed by atoms with Crippen LogP contribution >= 0.6 is 43.5 Å². The minimum absolute atomic E-state index is 0.00593. The summed E-state index contributed by atoms with van der Waals surface area (Å²) >= 11 is 12.8. The SMILES string of the molecule is OCC(Nc1ccc(Br)cc1)c1ccc(Br)c(Cl)c1. The monoisotopic (exact) mass is 403 g/mol. The van der Waals surface area contributed by atoms with Crippen molar-refractivity contribution in [3.63, 3.8) is 0 Å². The van der Waals surface area contributed by atoms with E-state index in [0.717, 1.165) is 20.2 Å². The van der Waals surface area contributed by atoms with Crippen molar-refractivity contribution in [2.24, 2.45) is 0 Å². The fraction of sp³-hybridized carbons (Fsp3) is 0.143. The molecule has 2 N–H and O–H groups in total. The van der Waals surface area contributed by atoms with Crippen LogP contribution in [0.1, 0.15) is 11.6 Å². The Morgan fingerprint density at radius 3 is 2.37 bits per heavy atom. The van der Waals surface area contributed by atoms with Crippen LogP contribution in [0.3, 0.4) is 0 Å². The minimum Gasteiger partial charge on any atom is -0.394 e. The normalized spacial score (nSPS) is 12.2. The molecule has 100 valence electrons. The van der Waals surface area contributed by atoms with Gasteiger partial charge in [-0.1, -0.05) is 33.6 Å². The van der Waals surface area contributed by atoms with Crippen molar-refractivity contribution in [3.8, 4) is 0 Å². The van der Waals surface area contributed by atoms with Crippen LogP contribution in [0.5, 0.6) is 0 Å². The van der Waals surface area contributed by atoms with Gasteiger partial charge in [0, 0.05) is 14.6 Å². The molecule has 0 heterocycles. The van der Waals surface area contributed by atoms with E-state index >= 15 is 0 Å². The van der Waals surface area contributed by atoms with E-state index in [2.05, 4.69) is 37.2 Å². The molecule has 1 unspecified atom stereocenters. The van der Waals surface area contributed by atoms with E-state index in [1.165, 1.54) is 0 Å². The number of benzene rings is 2. The molecule has 5 heteroatoms. The van der Waals surface area contributed by atoms with Gasteiger partial charge in [0.2, 0.25) is 0 Å². The van der Waals surface area contributed by atoms with Gasteiger partial charge >= 0.3 is 0 Å². The molecular weight excluding hydrogens is 393 g/mol. The lowest BCUT2D eigenvalue weighted by Crippen LogP contribution is -2.14. The van der Waals surface area contributed by atoms with Crippen LogP contribution in [-0.4, -0.2) is 11.7 Å². The third kappa shape index (κ3) is 3.96. The Hall–Kier alpha value is -0.550. The van der Waals surface area contributed by atoms with Crippen LogP contribution in [0.2, 0.25) is 5.02 Å². The molecule has 1 atom stereocenters. The van der Waals surface area contributed by atoms with Crippen molar-refractivity contribution in [2.45, 2.75) is 6.04 Å². The summed E-state index contributed by atoms with van der Waals surface area (Å²) in [6, 6.07) is 13.3. The molecule has 0 bridgehead atoms. The van der Waals surface area contributed by atoms with Crippen LogP contribution in [0.15, 0.2) is 51.4 Å². The van der Waals surface area contributed by atoms with Gasteiger partial charge in [0.25, 0.3) is 0 Å². The zero-order chi connectivity index (χ0) is 13.8. The molecule has 2 aromatic carbocycles. The highest BCUT2D eigenvalue weighted by Gasteiger charge is 2.11. The second-order valence-corrected chi connectivity index (χ2v) is 6.24. The molecule has 2 nitrogen and oxygen atoms in total. The van der Waals surface area contributed by atoms with E-state index in [1.807, 2.05) is 42.5 Å². The lowest BCUT2D eigenvalue weighted by Gasteiger charge is -2.18. The summed E-state index contributed by atoms with van der Waals surface area (Å²) in [5.74, 6) is 0. The van der Waals surface area contributed by atoms with Crippen molar-refractivity contribution >= 4 is 49.1 Å². The lowest BCUT2D eigenvalue weighted by molar-refractivity contribution is 0.276.